The van der Waals surface area contributed by atoms with E-state index in [9.17, 15) is 14.7 Å². The minimum absolute atomic E-state index is 0.202. The number of carboxylic acids is 1. The van der Waals surface area contributed by atoms with E-state index in [0.29, 0.717) is 28.0 Å². The fourth-order valence-electron chi connectivity index (χ4n) is 3.61. The van der Waals surface area contributed by atoms with Gasteiger partial charge in [0.1, 0.15) is 18.4 Å². The minimum Gasteiger partial charge on any atom is -0.489 e. The molecule has 0 fully saturated rings. The Morgan fingerprint density at radius 3 is 2.21 bits per heavy atom. The summed E-state index contributed by atoms with van der Waals surface area (Å²) in [5.74, 6) is -0.862. The molecule has 0 heterocycles. The molecular weight excluding hydrogens is 473 g/mol. The Kier molecular flexibility index (Phi) is 7.36. The van der Waals surface area contributed by atoms with Crippen LogP contribution in [0.2, 0.25) is 10.0 Å². The summed E-state index contributed by atoms with van der Waals surface area (Å²) < 4.78 is 5.86. The molecule has 0 aliphatic rings. The highest BCUT2D eigenvalue weighted by molar-refractivity contribution is 6.34. The lowest BCUT2D eigenvalue weighted by molar-refractivity contribution is -0.139. The van der Waals surface area contributed by atoms with Gasteiger partial charge in [0.25, 0.3) is 5.91 Å². The number of benzene rings is 4. The molecule has 0 bridgehead atoms. The van der Waals surface area contributed by atoms with Crippen molar-refractivity contribution in [2.24, 2.45) is 0 Å². The van der Waals surface area contributed by atoms with Crippen molar-refractivity contribution in [2.45, 2.75) is 19.1 Å². The second kappa shape index (κ2) is 10.6. The Balaban J connectivity index is 1.45. The number of amides is 1. The van der Waals surface area contributed by atoms with Crippen molar-refractivity contribution in [3.63, 3.8) is 0 Å². The van der Waals surface area contributed by atoms with Crippen LogP contribution in [-0.2, 0) is 17.8 Å². The number of carboxylic acid groups (broad SMARTS) is 1. The fraction of sp³-hybridized carbons (Fsp3) is 0.111. The minimum atomic E-state index is -1.08. The van der Waals surface area contributed by atoms with E-state index < -0.39 is 17.9 Å². The van der Waals surface area contributed by atoms with Crippen molar-refractivity contribution in [2.75, 3.05) is 0 Å². The molecular formula is C27H21Cl2NO4. The molecule has 1 amide bonds. The first kappa shape index (κ1) is 23.6. The first-order valence-electron chi connectivity index (χ1n) is 10.6. The summed E-state index contributed by atoms with van der Waals surface area (Å²) in [6, 6.07) is 24.2. The van der Waals surface area contributed by atoms with Crippen LogP contribution in [0.3, 0.4) is 0 Å². The van der Waals surface area contributed by atoms with E-state index in [1.54, 1.807) is 36.4 Å². The number of nitrogens with one attached hydrogen (secondary N) is 1. The molecule has 2 N–H and O–H groups in total. The average molecular weight is 494 g/mol. The zero-order valence-electron chi connectivity index (χ0n) is 18.0. The van der Waals surface area contributed by atoms with Crippen molar-refractivity contribution >= 4 is 45.9 Å². The summed E-state index contributed by atoms with van der Waals surface area (Å²) in [6.07, 6.45) is 0.202. The normalized spacial score (nSPS) is 11.7. The zero-order chi connectivity index (χ0) is 24.1. The third kappa shape index (κ3) is 6.07. The van der Waals surface area contributed by atoms with Crippen molar-refractivity contribution in [3.8, 4) is 5.75 Å². The summed E-state index contributed by atoms with van der Waals surface area (Å²) in [7, 11) is 0. The van der Waals surface area contributed by atoms with E-state index in [1.807, 2.05) is 48.5 Å². The number of halogens is 2. The molecule has 34 heavy (non-hydrogen) atoms. The Morgan fingerprint density at radius 2 is 1.50 bits per heavy atom. The van der Waals surface area contributed by atoms with Crippen molar-refractivity contribution < 1.29 is 19.4 Å². The number of ether oxygens (including phenoxy) is 1. The fourth-order valence-corrected chi connectivity index (χ4v) is 4.18. The third-order valence-electron chi connectivity index (χ3n) is 5.29. The van der Waals surface area contributed by atoms with Gasteiger partial charge in [0.15, 0.2) is 0 Å². The molecule has 0 aliphatic heterocycles. The Labute approximate surface area is 206 Å². The highest BCUT2D eigenvalue weighted by atomic mass is 35.5. The molecule has 0 unspecified atom stereocenters. The van der Waals surface area contributed by atoms with Gasteiger partial charge in [-0.2, -0.15) is 0 Å². The van der Waals surface area contributed by atoms with Gasteiger partial charge in [-0.3, -0.25) is 4.79 Å². The topological polar surface area (TPSA) is 75.6 Å². The first-order valence-corrected chi connectivity index (χ1v) is 11.3. The van der Waals surface area contributed by atoms with Gasteiger partial charge < -0.3 is 15.2 Å². The van der Waals surface area contributed by atoms with Gasteiger partial charge in [0.05, 0.1) is 0 Å². The Hall–Kier alpha value is -3.54. The van der Waals surface area contributed by atoms with Crippen molar-refractivity contribution in [3.05, 3.63) is 112 Å². The quantitative estimate of drug-likeness (QED) is 0.308. The largest absolute Gasteiger partial charge is 0.489 e. The number of carbonyl (C=O) groups is 2. The standard InChI is InChI=1S/C27H21Cl2NO4/c28-22-10-18(11-23(29)15-22)16-34-24-9-8-19-13-21(7-6-20(19)14-24)26(31)30-25(27(32)33)12-17-4-2-1-3-5-17/h1-11,13-15,25H,12,16H2,(H,30,31)(H,32,33)/t25-/m0/s1. The van der Waals surface area contributed by atoms with Crippen molar-refractivity contribution in [1.29, 1.82) is 0 Å². The van der Waals surface area contributed by atoms with Crippen molar-refractivity contribution in [1.82, 2.24) is 5.32 Å². The maximum atomic E-state index is 12.8. The summed E-state index contributed by atoms with van der Waals surface area (Å²) in [6.45, 7) is 0.310. The van der Waals surface area contributed by atoms with Gasteiger partial charge in [0, 0.05) is 22.0 Å². The Bertz CT molecular complexity index is 1320. The molecule has 4 aromatic carbocycles. The number of rotatable bonds is 8. The molecule has 0 spiro atoms. The molecule has 0 saturated carbocycles. The van der Waals surface area contributed by atoms with Crippen LogP contribution in [0.5, 0.6) is 5.75 Å². The van der Waals surface area contributed by atoms with Gasteiger partial charge in [-0.1, -0.05) is 65.7 Å². The molecule has 1 atom stereocenters. The lowest BCUT2D eigenvalue weighted by Gasteiger charge is -2.15. The molecule has 4 aromatic rings. The summed E-state index contributed by atoms with van der Waals surface area (Å²) in [4.78, 5) is 24.4. The average Bonchev–Trinajstić information content (AvgIpc) is 2.82. The molecule has 0 radical (unpaired) electrons. The van der Waals surface area contributed by atoms with Crippen LogP contribution in [0.15, 0.2) is 84.9 Å². The van der Waals surface area contributed by atoms with E-state index in [2.05, 4.69) is 5.32 Å². The zero-order valence-corrected chi connectivity index (χ0v) is 19.5. The molecule has 7 heteroatoms. The van der Waals surface area contributed by atoms with Crippen LogP contribution in [-0.4, -0.2) is 23.0 Å². The van der Waals surface area contributed by atoms with Gasteiger partial charge >= 0.3 is 5.97 Å². The van der Waals surface area contributed by atoms with Crippen LogP contribution in [0.4, 0.5) is 0 Å². The van der Waals surface area contributed by atoms with E-state index in [-0.39, 0.29) is 6.42 Å². The van der Waals surface area contributed by atoms with Crippen LogP contribution >= 0.6 is 23.2 Å². The van der Waals surface area contributed by atoms with Crippen LogP contribution < -0.4 is 10.1 Å². The Morgan fingerprint density at radius 1 is 0.824 bits per heavy atom. The monoisotopic (exact) mass is 493 g/mol. The van der Waals surface area contributed by atoms with Crippen LogP contribution in [0.25, 0.3) is 10.8 Å². The maximum Gasteiger partial charge on any atom is 0.326 e. The van der Waals surface area contributed by atoms with E-state index in [0.717, 1.165) is 21.9 Å². The van der Waals surface area contributed by atoms with Crippen LogP contribution in [0.1, 0.15) is 21.5 Å². The maximum absolute atomic E-state index is 12.8. The highest BCUT2D eigenvalue weighted by Gasteiger charge is 2.21. The molecule has 0 aliphatic carbocycles. The number of fused-ring (bicyclic) bond motifs is 1. The number of hydrogen-bond acceptors (Lipinski definition) is 3. The van der Waals surface area contributed by atoms with Gasteiger partial charge in [-0.05, 0) is 64.4 Å². The summed E-state index contributed by atoms with van der Waals surface area (Å²) in [5.41, 5.74) is 2.07. The van der Waals surface area contributed by atoms with E-state index in [4.69, 9.17) is 27.9 Å². The first-order chi connectivity index (χ1) is 16.4. The molecule has 4 rings (SSSR count). The SMILES string of the molecule is O=C(N[C@@H](Cc1ccccc1)C(=O)O)c1ccc2cc(OCc3cc(Cl)cc(Cl)c3)ccc2c1. The number of hydrogen-bond donors (Lipinski definition) is 2. The van der Waals surface area contributed by atoms with Crippen LogP contribution in [0, 0.1) is 0 Å². The van der Waals surface area contributed by atoms with Gasteiger partial charge in [-0.15, -0.1) is 0 Å². The number of aliphatic carboxylic acids is 1. The summed E-state index contributed by atoms with van der Waals surface area (Å²) >= 11 is 12.1. The smallest absolute Gasteiger partial charge is 0.326 e. The van der Waals surface area contributed by atoms with E-state index in [1.165, 1.54) is 0 Å². The lowest BCUT2D eigenvalue weighted by Crippen LogP contribution is -2.42. The number of carbonyl (C=O) groups excluding carboxylic acids is 1. The molecule has 0 saturated heterocycles. The predicted molar refractivity (Wildman–Crippen MR) is 134 cm³/mol. The molecule has 5 nitrogen and oxygen atoms in total. The summed E-state index contributed by atoms with van der Waals surface area (Å²) in [5, 5.41) is 15.0. The predicted octanol–water partition coefficient (Wildman–Crippen LogP) is 6.15. The lowest BCUT2D eigenvalue weighted by atomic mass is 10.0. The second-order valence-corrected chi connectivity index (χ2v) is 8.72. The third-order valence-corrected chi connectivity index (χ3v) is 5.72. The van der Waals surface area contributed by atoms with Gasteiger partial charge in [-0.25, -0.2) is 4.79 Å². The molecule has 0 aromatic heterocycles. The van der Waals surface area contributed by atoms with E-state index >= 15 is 0 Å². The van der Waals surface area contributed by atoms with Gasteiger partial charge in [0.2, 0.25) is 0 Å². The second-order valence-electron chi connectivity index (χ2n) is 7.84. The molecule has 172 valence electrons. The highest BCUT2D eigenvalue weighted by Crippen LogP contribution is 2.24.